The second kappa shape index (κ2) is 6.36. The molecule has 0 saturated carbocycles. The quantitative estimate of drug-likeness (QED) is 0.639. The van der Waals surface area contributed by atoms with Gasteiger partial charge in [0.25, 0.3) is 0 Å². The number of hydrogen-bond acceptors (Lipinski definition) is 3. The molecule has 1 saturated heterocycles. The zero-order valence-electron chi connectivity index (χ0n) is 9.86. The molecule has 1 atom stereocenters. The Hall–Kier alpha value is -0.610. The van der Waals surface area contributed by atoms with Crippen LogP contribution in [0.5, 0.6) is 0 Å². The standard InChI is InChI=1S/C13H19ClN2O/c14-12-4-2-1-3-11(12)9-13(16-15)10-5-7-17-8-6-10/h1-4,10,13,16H,5-9,15H2. The average Bonchev–Trinajstić information content (AvgIpc) is 2.39. The fraction of sp³-hybridized carbons (Fsp3) is 0.538. The lowest BCUT2D eigenvalue weighted by molar-refractivity contribution is 0.0538. The van der Waals surface area contributed by atoms with Gasteiger partial charge in [-0.05, 0) is 36.8 Å². The lowest BCUT2D eigenvalue weighted by Gasteiger charge is -2.30. The smallest absolute Gasteiger partial charge is 0.0469 e. The van der Waals surface area contributed by atoms with E-state index in [4.69, 9.17) is 22.2 Å². The van der Waals surface area contributed by atoms with Crippen molar-refractivity contribution < 1.29 is 4.74 Å². The molecule has 0 aliphatic carbocycles. The predicted octanol–water partition coefficient (Wildman–Crippen LogP) is 2.14. The second-order valence-corrected chi connectivity index (χ2v) is 4.93. The molecular formula is C13H19ClN2O. The molecular weight excluding hydrogens is 236 g/mol. The van der Waals surface area contributed by atoms with Crippen LogP contribution in [-0.2, 0) is 11.2 Å². The van der Waals surface area contributed by atoms with E-state index in [1.165, 1.54) is 0 Å². The van der Waals surface area contributed by atoms with E-state index in [-0.39, 0.29) is 6.04 Å². The molecule has 94 valence electrons. The number of nitrogens with one attached hydrogen (secondary N) is 1. The van der Waals surface area contributed by atoms with E-state index < -0.39 is 0 Å². The summed E-state index contributed by atoms with van der Waals surface area (Å²) >= 11 is 6.17. The van der Waals surface area contributed by atoms with E-state index >= 15 is 0 Å². The molecule has 1 fully saturated rings. The third-order valence-corrected chi connectivity index (χ3v) is 3.82. The van der Waals surface area contributed by atoms with Crippen LogP contribution in [0.3, 0.4) is 0 Å². The number of benzene rings is 1. The lowest BCUT2D eigenvalue weighted by atomic mass is 9.88. The number of ether oxygens (including phenoxy) is 1. The summed E-state index contributed by atoms with van der Waals surface area (Å²) in [5.41, 5.74) is 4.09. The molecule has 0 radical (unpaired) electrons. The van der Waals surface area contributed by atoms with E-state index in [0.29, 0.717) is 5.92 Å². The Morgan fingerprint density at radius 2 is 2.06 bits per heavy atom. The highest BCUT2D eigenvalue weighted by atomic mass is 35.5. The molecule has 1 aliphatic heterocycles. The monoisotopic (exact) mass is 254 g/mol. The zero-order chi connectivity index (χ0) is 12.1. The first-order chi connectivity index (χ1) is 8.31. The van der Waals surface area contributed by atoms with Crippen molar-refractivity contribution in [2.24, 2.45) is 11.8 Å². The Kier molecular flexibility index (Phi) is 4.80. The van der Waals surface area contributed by atoms with Crippen LogP contribution in [0.2, 0.25) is 5.02 Å². The molecule has 1 aromatic rings. The molecule has 3 nitrogen and oxygen atoms in total. The van der Waals surface area contributed by atoms with Crippen LogP contribution in [0.25, 0.3) is 0 Å². The van der Waals surface area contributed by atoms with E-state index in [1.807, 2.05) is 18.2 Å². The third-order valence-electron chi connectivity index (χ3n) is 3.45. The Labute approximate surface area is 107 Å². The molecule has 0 bridgehead atoms. The number of rotatable bonds is 4. The molecule has 1 aromatic carbocycles. The Morgan fingerprint density at radius 1 is 1.35 bits per heavy atom. The van der Waals surface area contributed by atoms with Crippen LogP contribution in [0, 0.1) is 5.92 Å². The van der Waals surface area contributed by atoms with E-state index in [2.05, 4.69) is 11.5 Å². The van der Waals surface area contributed by atoms with Gasteiger partial charge in [0.1, 0.15) is 0 Å². The van der Waals surface area contributed by atoms with Gasteiger partial charge in [-0.2, -0.15) is 0 Å². The molecule has 1 aliphatic rings. The molecule has 0 aromatic heterocycles. The number of hydrazine groups is 1. The van der Waals surface area contributed by atoms with Gasteiger partial charge in [-0.25, -0.2) is 0 Å². The zero-order valence-corrected chi connectivity index (χ0v) is 10.6. The van der Waals surface area contributed by atoms with E-state index in [0.717, 1.165) is 43.1 Å². The van der Waals surface area contributed by atoms with Gasteiger partial charge >= 0.3 is 0 Å². The summed E-state index contributed by atoms with van der Waals surface area (Å²) < 4.78 is 5.37. The van der Waals surface area contributed by atoms with Crippen molar-refractivity contribution in [3.05, 3.63) is 34.9 Å². The number of nitrogens with two attached hydrogens (primary N) is 1. The predicted molar refractivity (Wildman–Crippen MR) is 69.8 cm³/mol. The largest absolute Gasteiger partial charge is 0.381 e. The molecule has 2 rings (SSSR count). The molecule has 1 unspecified atom stereocenters. The summed E-state index contributed by atoms with van der Waals surface area (Å²) in [6.45, 7) is 1.68. The van der Waals surface area contributed by atoms with Crippen molar-refractivity contribution >= 4 is 11.6 Å². The van der Waals surface area contributed by atoms with Crippen molar-refractivity contribution in [2.45, 2.75) is 25.3 Å². The van der Waals surface area contributed by atoms with Crippen LogP contribution in [-0.4, -0.2) is 19.3 Å². The van der Waals surface area contributed by atoms with E-state index in [1.54, 1.807) is 0 Å². The van der Waals surface area contributed by atoms with Gasteiger partial charge in [-0.3, -0.25) is 11.3 Å². The van der Waals surface area contributed by atoms with Crippen molar-refractivity contribution in [2.75, 3.05) is 13.2 Å². The van der Waals surface area contributed by atoms with Crippen molar-refractivity contribution in [3.63, 3.8) is 0 Å². The topological polar surface area (TPSA) is 47.3 Å². The Morgan fingerprint density at radius 3 is 2.71 bits per heavy atom. The van der Waals surface area contributed by atoms with Gasteiger partial charge in [-0.15, -0.1) is 0 Å². The van der Waals surface area contributed by atoms with Gasteiger partial charge < -0.3 is 4.74 Å². The van der Waals surface area contributed by atoms with Crippen LogP contribution < -0.4 is 11.3 Å². The summed E-state index contributed by atoms with van der Waals surface area (Å²) in [6, 6.07) is 8.23. The average molecular weight is 255 g/mol. The summed E-state index contributed by atoms with van der Waals surface area (Å²) in [5.74, 6) is 6.24. The first-order valence-electron chi connectivity index (χ1n) is 6.08. The minimum Gasteiger partial charge on any atom is -0.381 e. The number of hydrogen-bond donors (Lipinski definition) is 2. The molecule has 0 spiro atoms. The maximum absolute atomic E-state index is 6.17. The first kappa shape index (κ1) is 12.8. The van der Waals surface area contributed by atoms with E-state index in [9.17, 15) is 0 Å². The molecule has 0 amide bonds. The van der Waals surface area contributed by atoms with Crippen molar-refractivity contribution in [3.8, 4) is 0 Å². The highest BCUT2D eigenvalue weighted by Gasteiger charge is 2.23. The van der Waals surface area contributed by atoms with Gasteiger partial charge in [-0.1, -0.05) is 29.8 Å². The maximum atomic E-state index is 6.17. The molecule has 1 heterocycles. The molecule has 3 N–H and O–H groups in total. The van der Waals surface area contributed by atoms with Crippen molar-refractivity contribution in [1.29, 1.82) is 0 Å². The summed E-state index contributed by atoms with van der Waals surface area (Å²) in [4.78, 5) is 0. The highest BCUT2D eigenvalue weighted by molar-refractivity contribution is 6.31. The summed E-state index contributed by atoms with van der Waals surface area (Å²) in [7, 11) is 0. The molecule has 4 heteroatoms. The minimum absolute atomic E-state index is 0.277. The van der Waals surface area contributed by atoms with Gasteiger partial charge in [0, 0.05) is 24.3 Å². The Bertz CT molecular complexity index is 353. The third kappa shape index (κ3) is 3.42. The fourth-order valence-corrected chi connectivity index (χ4v) is 2.59. The van der Waals surface area contributed by atoms with Crippen LogP contribution >= 0.6 is 11.6 Å². The van der Waals surface area contributed by atoms with Gasteiger partial charge in [0.05, 0.1) is 0 Å². The van der Waals surface area contributed by atoms with Crippen LogP contribution in [0.4, 0.5) is 0 Å². The summed E-state index contributed by atoms with van der Waals surface area (Å²) in [5, 5.41) is 0.819. The second-order valence-electron chi connectivity index (χ2n) is 4.52. The Balaban J connectivity index is 2.01. The SMILES string of the molecule is NNC(Cc1ccccc1Cl)C1CCOCC1. The van der Waals surface area contributed by atoms with Crippen molar-refractivity contribution in [1.82, 2.24) is 5.43 Å². The van der Waals surface area contributed by atoms with Gasteiger partial charge in [0.15, 0.2) is 0 Å². The normalized spacial score (nSPS) is 19.2. The summed E-state index contributed by atoms with van der Waals surface area (Å²) in [6.07, 6.45) is 3.01. The minimum atomic E-state index is 0.277. The van der Waals surface area contributed by atoms with Crippen LogP contribution in [0.15, 0.2) is 24.3 Å². The lowest BCUT2D eigenvalue weighted by Crippen LogP contribution is -2.44. The van der Waals surface area contributed by atoms with Gasteiger partial charge in [0.2, 0.25) is 0 Å². The van der Waals surface area contributed by atoms with Crippen LogP contribution in [0.1, 0.15) is 18.4 Å². The maximum Gasteiger partial charge on any atom is 0.0469 e. The first-order valence-corrected chi connectivity index (χ1v) is 6.46. The molecule has 17 heavy (non-hydrogen) atoms. The number of halogens is 1. The highest BCUT2D eigenvalue weighted by Crippen LogP contribution is 2.24. The fourth-order valence-electron chi connectivity index (χ4n) is 2.38.